The van der Waals surface area contributed by atoms with Crippen LogP contribution in [-0.2, 0) is 4.79 Å². The van der Waals surface area contributed by atoms with Gasteiger partial charge in [-0.15, -0.1) is 0 Å². The zero-order chi connectivity index (χ0) is 9.69. The van der Waals surface area contributed by atoms with Crippen molar-refractivity contribution in [2.45, 2.75) is 38.0 Å². The molecule has 74 valence electrons. The molecule has 0 atom stereocenters. The summed E-state index contributed by atoms with van der Waals surface area (Å²) < 4.78 is 24.9. The molecule has 13 heavy (non-hydrogen) atoms. The van der Waals surface area contributed by atoms with Gasteiger partial charge in [0, 0.05) is 12.8 Å². The van der Waals surface area contributed by atoms with Crippen molar-refractivity contribution in [1.82, 2.24) is 0 Å². The topological polar surface area (TPSA) is 37.3 Å². The lowest BCUT2D eigenvalue weighted by molar-refractivity contribution is -0.149. The Hall–Kier alpha value is -0.670. The first-order chi connectivity index (χ1) is 5.94. The number of halogens is 2. The van der Waals surface area contributed by atoms with Gasteiger partial charge < -0.3 is 5.11 Å². The van der Waals surface area contributed by atoms with E-state index in [1.54, 1.807) is 0 Å². The maximum absolute atomic E-state index is 12.4. The smallest absolute Gasteiger partial charge is 0.309 e. The summed E-state index contributed by atoms with van der Waals surface area (Å²) >= 11 is 0. The molecule has 2 fully saturated rings. The van der Waals surface area contributed by atoms with Crippen molar-refractivity contribution in [3.05, 3.63) is 0 Å². The second-order valence-corrected chi connectivity index (χ2v) is 4.42. The molecule has 0 aromatic rings. The monoisotopic (exact) mass is 190 g/mol. The maximum atomic E-state index is 12.4. The van der Waals surface area contributed by atoms with Gasteiger partial charge in [0.15, 0.2) is 0 Å². The van der Waals surface area contributed by atoms with Crippen LogP contribution in [0.1, 0.15) is 32.1 Å². The predicted molar refractivity (Wildman–Crippen MR) is 41.6 cm³/mol. The molecular formula is C9H12F2O2. The molecule has 0 bridgehead atoms. The molecule has 0 heterocycles. The van der Waals surface area contributed by atoms with Gasteiger partial charge in [0.25, 0.3) is 0 Å². The average molecular weight is 190 g/mol. The molecule has 0 aromatic heterocycles. The third-order valence-electron chi connectivity index (χ3n) is 3.16. The Kier molecular flexibility index (Phi) is 1.66. The van der Waals surface area contributed by atoms with Crippen LogP contribution in [0.5, 0.6) is 0 Å². The van der Waals surface area contributed by atoms with Gasteiger partial charge in [-0.05, 0) is 25.2 Å². The standard InChI is InChI=1S/C9H12F2O2/c10-9(11)4-6(5-9)3-8(1-2-8)7(12)13/h6H,1-5H2,(H,12,13). The average Bonchev–Trinajstić information content (AvgIpc) is 2.64. The van der Waals surface area contributed by atoms with Gasteiger partial charge in [-0.1, -0.05) is 0 Å². The van der Waals surface area contributed by atoms with Crippen molar-refractivity contribution < 1.29 is 18.7 Å². The summed E-state index contributed by atoms with van der Waals surface area (Å²) in [6.45, 7) is 0. The Morgan fingerprint density at radius 1 is 1.38 bits per heavy atom. The summed E-state index contributed by atoms with van der Waals surface area (Å²) in [5.74, 6) is -3.38. The van der Waals surface area contributed by atoms with Gasteiger partial charge in [-0.25, -0.2) is 8.78 Å². The molecule has 0 aromatic carbocycles. The SMILES string of the molecule is O=C(O)C1(CC2CC(F)(F)C2)CC1. The van der Waals surface area contributed by atoms with E-state index in [4.69, 9.17) is 5.11 Å². The predicted octanol–water partition coefficient (Wildman–Crippen LogP) is 2.29. The first-order valence-corrected chi connectivity index (χ1v) is 4.55. The lowest BCUT2D eigenvalue weighted by Crippen LogP contribution is -2.37. The maximum Gasteiger partial charge on any atom is 0.309 e. The zero-order valence-corrected chi connectivity index (χ0v) is 7.22. The molecule has 2 saturated carbocycles. The minimum atomic E-state index is -2.51. The first kappa shape index (κ1) is 8.91. The van der Waals surface area contributed by atoms with Crippen molar-refractivity contribution in [1.29, 1.82) is 0 Å². The Morgan fingerprint density at radius 2 is 1.92 bits per heavy atom. The molecule has 0 spiro atoms. The van der Waals surface area contributed by atoms with Crippen molar-refractivity contribution >= 4 is 5.97 Å². The lowest BCUT2D eigenvalue weighted by atomic mass is 9.75. The van der Waals surface area contributed by atoms with Crippen LogP contribution in [-0.4, -0.2) is 17.0 Å². The van der Waals surface area contributed by atoms with Gasteiger partial charge in [0.1, 0.15) is 0 Å². The van der Waals surface area contributed by atoms with E-state index in [1.807, 2.05) is 0 Å². The van der Waals surface area contributed by atoms with E-state index in [0.29, 0.717) is 19.3 Å². The summed E-state index contributed by atoms with van der Waals surface area (Å²) in [5, 5.41) is 8.81. The molecular weight excluding hydrogens is 178 g/mol. The van der Waals surface area contributed by atoms with Gasteiger partial charge in [0.2, 0.25) is 5.92 Å². The fourth-order valence-electron chi connectivity index (χ4n) is 2.14. The quantitative estimate of drug-likeness (QED) is 0.741. The third kappa shape index (κ3) is 1.54. The Bertz CT molecular complexity index is 238. The number of aliphatic carboxylic acids is 1. The molecule has 2 aliphatic carbocycles. The molecule has 1 N–H and O–H groups in total. The number of carboxylic acids is 1. The van der Waals surface area contributed by atoms with Crippen LogP contribution in [0.25, 0.3) is 0 Å². The highest BCUT2D eigenvalue weighted by molar-refractivity contribution is 5.77. The Labute approximate surface area is 74.9 Å². The van der Waals surface area contributed by atoms with Gasteiger partial charge in [-0.2, -0.15) is 0 Å². The van der Waals surface area contributed by atoms with Crippen LogP contribution in [0.2, 0.25) is 0 Å². The first-order valence-electron chi connectivity index (χ1n) is 4.55. The van der Waals surface area contributed by atoms with Crippen molar-refractivity contribution in [2.75, 3.05) is 0 Å². The van der Waals surface area contributed by atoms with E-state index in [9.17, 15) is 13.6 Å². The number of alkyl halides is 2. The molecule has 0 aliphatic heterocycles. The molecule has 0 saturated heterocycles. The second kappa shape index (κ2) is 2.42. The number of rotatable bonds is 3. The van der Waals surface area contributed by atoms with E-state index < -0.39 is 17.3 Å². The molecule has 0 unspecified atom stereocenters. The van der Waals surface area contributed by atoms with Gasteiger partial charge in [-0.3, -0.25) is 4.79 Å². The fourth-order valence-corrected chi connectivity index (χ4v) is 2.14. The summed E-state index contributed by atoms with van der Waals surface area (Å²) in [7, 11) is 0. The van der Waals surface area contributed by atoms with Crippen LogP contribution >= 0.6 is 0 Å². The van der Waals surface area contributed by atoms with E-state index in [2.05, 4.69) is 0 Å². The molecule has 2 nitrogen and oxygen atoms in total. The zero-order valence-electron chi connectivity index (χ0n) is 7.22. The molecule has 2 aliphatic rings. The van der Waals surface area contributed by atoms with E-state index >= 15 is 0 Å². The number of carbonyl (C=O) groups is 1. The van der Waals surface area contributed by atoms with E-state index in [-0.39, 0.29) is 18.8 Å². The summed E-state index contributed by atoms with van der Waals surface area (Å²) in [6, 6.07) is 0. The normalized spacial score (nSPS) is 29.4. The van der Waals surface area contributed by atoms with Crippen molar-refractivity contribution in [3.63, 3.8) is 0 Å². The Morgan fingerprint density at radius 3 is 2.23 bits per heavy atom. The summed E-state index contributed by atoms with van der Waals surface area (Å²) in [6.07, 6.45) is 1.58. The number of carboxylic acid groups (broad SMARTS) is 1. The van der Waals surface area contributed by atoms with Crippen LogP contribution in [0.3, 0.4) is 0 Å². The molecule has 0 amide bonds. The Balaban J connectivity index is 1.84. The van der Waals surface area contributed by atoms with Crippen molar-refractivity contribution in [2.24, 2.45) is 11.3 Å². The van der Waals surface area contributed by atoms with Crippen molar-refractivity contribution in [3.8, 4) is 0 Å². The minimum absolute atomic E-state index is 0.0615. The summed E-state index contributed by atoms with van der Waals surface area (Å²) in [4.78, 5) is 10.7. The van der Waals surface area contributed by atoms with Crippen LogP contribution in [0.4, 0.5) is 8.78 Å². The number of hydrogen-bond donors (Lipinski definition) is 1. The molecule has 4 heteroatoms. The summed E-state index contributed by atoms with van der Waals surface area (Å²) in [5.41, 5.74) is -0.624. The number of hydrogen-bond acceptors (Lipinski definition) is 1. The molecule has 2 rings (SSSR count). The van der Waals surface area contributed by atoms with Crippen LogP contribution in [0, 0.1) is 11.3 Å². The largest absolute Gasteiger partial charge is 0.481 e. The highest BCUT2D eigenvalue weighted by atomic mass is 19.3. The highest BCUT2D eigenvalue weighted by Crippen LogP contribution is 2.56. The second-order valence-electron chi connectivity index (χ2n) is 4.42. The van der Waals surface area contributed by atoms with Gasteiger partial charge >= 0.3 is 5.97 Å². The van der Waals surface area contributed by atoms with Gasteiger partial charge in [0.05, 0.1) is 5.41 Å². The van der Waals surface area contributed by atoms with E-state index in [1.165, 1.54) is 0 Å². The third-order valence-corrected chi connectivity index (χ3v) is 3.16. The lowest BCUT2D eigenvalue weighted by Gasteiger charge is -2.36. The highest BCUT2D eigenvalue weighted by Gasteiger charge is 2.55. The van der Waals surface area contributed by atoms with E-state index in [0.717, 1.165) is 0 Å². The van der Waals surface area contributed by atoms with Crippen LogP contribution in [0.15, 0.2) is 0 Å². The minimum Gasteiger partial charge on any atom is -0.481 e. The fraction of sp³-hybridized carbons (Fsp3) is 0.889. The van der Waals surface area contributed by atoms with Crippen LogP contribution < -0.4 is 0 Å². The molecule has 0 radical (unpaired) electrons.